The molecule has 1 aromatic heterocycles. The van der Waals surface area contributed by atoms with Crippen molar-refractivity contribution in [1.29, 1.82) is 0 Å². The van der Waals surface area contributed by atoms with Crippen LogP contribution in [0.25, 0.3) is 5.69 Å². The van der Waals surface area contributed by atoms with E-state index in [1.807, 2.05) is 42.0 Å². The molecule has 0 saturated carbocycles. The van der Waals surface area contributed by atoms with Gasteiger partial charge in [-0.05, 0) is 36.8 Å². The highest BCUT2D eigenvalue weighted by Crippen LogP contribution is 2.22. The summed E-state index contributed by atoms with van der Waals surface area (Å²) in [5, 5.41) is 6.13. The van der Waals surface area contributed by atoms with Crippen LogP contribution in [0.4, 0.5) is 5.69 Å². The lowest BCUT2D eigenvalue weighted by atomic mass is 10.2. The number of hydrogen-bond acceptors (Lipinski definition) is 4. The van der Waals surface area contributed by atoms with E-state index in [4.69, 9.17) is 0 Å². The van der Waals surface area contributed by atoms with Gasteiger partial charge in [0.15, 0.2) is 5.16 Å². The van der Waals surface area contributed by atoms with Crippen molar-refractivity contribution in [2.24, 2.45) is 0 Å². The Bertz CT molecular complexity index is 968. The minimum atomic E-state index is -0.194. The van der Waals surface area contributed by atoms with Crippen molar-refractivity contribution in [1.82, 2.24) is 14.9 Å². The Balaban J connectivity index is 1.65. The molecular formula is C20H20N4O2S. The number of amides is 2. The molecule has 1 heterocycles. The molecule has 0 bridgehead atoms. The van der Waals surface area contributed by atoms with Crippen molar-refractivity contribution in [2.75, 3.05) is 18.1 Å². The first-order valence-electron chi connectivity index (χ1n) is 8.42. The number of nitrogens with one attached hydrogen (secondary N) is 2. The van der Waals surface area contributed by atoms with Gasteiger partial charge >= 0.3 is 0 Å². The van der Waals surface area contributed by atoms with Gasteiger partial charge in [-0.15, -0.1) is 0 Å². The highest BCUT2D eigenvalue weighted by Gasteiger charge is 2.11. The van der Waals surface area contributed by atoms with Crippen LogP contribution in [0.1, 0.15) is 15.9 Å². The Morgan fingerprint density at radius 1 is 1.15 bits per heavy atom. The highest BCUT2D eigenvalue weighted by atomic mass is 32.2. The third kappa shape index (κ3) is 4.57. The fourth-order valence-electron chi connectivity index (χ4n) is 2.62. The number of carbonyl (C=O) groups is 2. The van der Waals surface area contributed by atoms with Gasteiger partial charge in [-0.3, -0.25) is 14.2 Å². The highest BCUT2D eigenvalue weighted by molar-refractivity contribution is 7.99. The normalized spacial score (nSPS) is 10.4. The van der Waals surface area contributed by atoms with E-state index >= 15 is 0 Å². The second-order valence-corrected chi connectivity index (χ2v) is 6.81. The van der Waals surface area contributed by atoms with Gasteiger partial charge in [-0.1, -0.05) is 36.0 Å². The standard InChI is InChI=1S/C20H20N4O2S/c1-14-6-3-4-9-17(14)24-11-10-22-20(24)27-13-18(25)23-16-8-5-7-15(12-16)19(26)21-2/h3-12H,13H2,1-2H3,(H,21,26)(H,23,25). The summed E-state index contributed by atoms with van der Waals surface area (Å²) in [6, 6.07) is 14.9. The zero-order valence-electron chi connectivity index (χ0n) is 15.1. The molecule has 6 nitrogen and oxygen atoms in total. The number of anilines is 1. The van der Waals surface area contributed by atoms with Crippen molar-refractivity contribution in [3.8, 4) is 5.69 Å². The maximum Gasteiger partial charge on any atom is 0.251 e. The van der Waals surface area contributed by atoms with E-state index in [0.717, 1.165) is 16.4 Å². The summed E-state index contributed by atoms with van der Waals surface area (Å²) in [6.07, 6.45) is 3.61. The van der Waals surface area contributed by atoms with Crippen molar-refractivity contribution in [3.63, 3.8) is 0 Å². The molecule has 0 aliphatic heterocycles. The lowest BCUT2D eigenvalue weighted by molar-refractivity contribution is -0.113. The fraction of sp³-hybridized carbons (Fsp3) is 0.150. The summed E-state index contributed by atoms with van der Waals surface area (Å²) in [6.45, 7) is 2.04. The van der Waals surface area contributed by atoms with Crippen LogP contribution in [0.3, 0.4) is 0 Å². The van der Waals surface area contributed by atoms with Gasteiger partial charge in [0, 0.05) is 30.7 Å². The maximum absolute atomic E-state index is 12.3. The Labute approximate surface area is 162 Å². The minimum absolute atomic E-state index is 0.159. The average molecular weight is 380 g/mol. The smallest absolute Gasteiger partial charge is 0.251 e. The van der Waals surface area contributed by atoms with Gasteiger partial charge < -0.3 is 10.6 Å². The van der Waals surface area contributed by atoms with Crippen molar-refractivity contribution < 1.29 is 9.59 Å². The molecule has 2 amide bonds. The number of rotatable bonds is 6. The van der Waals surface area contributed by atoms with Crippen LogP contribution >= 0.6 is 11.8 Å². The van der Waals surface area contributed by atoms with Gasteiger partial charge in [0.05, 0.1) is 11.4 Å². The molecule has 3 aromatic rings. The Morgan fingerprint density at radius 2 is 1.96 bits per heavy atom. The molecule has 0 unspecified atom stereocenters. The van der Waals surface area contributed by atoms with Gasteiger partial charge in [-0.2, -0.15) is 0 Å². The van der Waals surface area contributed by atoms with E-state index in [1.165, 1.54) is 11.8 Å². The number of nitrogens with zero attached hydrogens (tertiary/aromatic N) is 2. The minimum Gasteiger partial charge on any atom is -0.355 e. The third-order valence-electron chi connectivity index (χ3n) is 3.95. The van der Waals surface area contributed by atoms with Crippen LogP contribution in [0.5, 0.6) is 0 Å². The molecule has 0 saturated heterocycles. The fourth-order valence-corrected chi connectivity index (χ4v) is 3.39. The molecule has 0 aliphatic carbocycles. The molecule has 27 heavy (non-hydrogen) atoms. The Morgan fingerprint density at radius 3 is 2.74 bits per heavy atom. The molecule has 2 aromatic carbocycles. The summed E-state index contributed by atoms with van der Waals surface area (Å²) in [5.74, 6) is -0.137. The maximum atomic E-state index is 12.3. The van der Waals surface area contributed by atoms with Crippen LogP contribution in [-0.4, -0.2) is 34.2 Å². The molecule has 0 fully saturated rings. The Kier molecular flexibility index (Phi) is 5.93. The van der Waals surface area contributed by atoms with Crippen molar-refractivity contribution in [3.05, 3.63) is 72.1 Å². The molecule has 0 radical (unpaired) electrons. The second kappa shape index (κ2) is 8.55. The van der Waals surface area contributed by atoms with E-state index < -0.39 is 0 Å². The quantitative estimate of drug-likeness (QED) is 0.644. The van der Waals surface area contributed by atoms with Crippen LogP contribution < -0.4 is 10.6 Å². The zero-order chi connectivity index (χ0) is 19.2. The molecule has 7 heteroatoms. The zero-order valence-corrected chi connectivity index (χ0v) is 15.9. The lowest BCUT2D eigenvalue weighted by Crippen LogP contribution is -2.19. The molecular weight excluding hydrogens is 360 g/mol. The van der Waals surface area contributed by atoms with Crippen LogP contribution in [0.15, 0.2) is 66.1 Å². The molecule has 138 valence electrons. The number of para-hydroxylation sites is 1. The monoisotopic (exact) mass is 380 g/mol. The number of aryl methyl sites for hydroxylation is 1. The van der Waals surface area contributed by atoms with Crippen LogP contribution in [0, 0.1) is 6.92 Å². The Hall–Kier alpha value is -3.06. The number of aromatic nitrogens is 2. The summed E-state index contributed by atoms with van der Waals surface area (Å²) in [7, 11) is 1.57. The lowest BCUT2D eigenvalue weighted by Gasteiger charge is -2.10. The van der Waals surface area contributed by atoms with Crippen molar-refractivity contribution in [2.45, 2.75) is 12.1 Å². The largest absolute Gasteiger partial charge is 0.355 e. The molecule has 0 atom stereocenters. The summed E-state index contributed by atoms with van der Waals surface area (Å²) >= 11 is 1.36. The van der Waals surface area contributed by atoms with E-state index in [9.17, 15) is 9.59 Å². The van der Waals surface area contributed by atoms with E-state index in [1.54, 1.807) is 37.5 Å². The first kappa shape index (κ1) is 18.7. The summed E-state index contributed by atoms with van der Waals surface area (Å²) in [5.41, 5.74) is 3.26. The SMILES string of the molecule is CNC(=O)c1cccc(NC(=O)CSc2nccn2-c2ccccc2C)c1. The van der Waals surface area contributed by atoms with Gasteiger partial charge in [-0.25, -0.2) is 4.98 Å². The first-order valence-corrected chi connectivity index (χ1v) is 9.41. The van der Waals surface area contributed by atoms with E-state index in [0.29, 0.717) is 11.3 Å². The average Bonchev–Trinajstić information content (AvgIpc) is 3.14. The molecule has 0 aliphatic rings. The van der Waals surface area contributed by atoms with E-state index in [2.05, 4.69) is 15.6 Å². The number of imidazole rings is 1. The van der Waals surface area contributed by atoms with Crippen molar-refractivity contribution >= 4 is 29.3 Å². The van der Waals surface area contributed by atoms with Gasteiger partial charge in [0.2, 0.25) is 5.91 Å². The topological polar surface area (TPSA) is 76.0 Å². The predicted molar refractivity (Wildman–Crippen MR) is 107 cm³/mol. The van der Waals surface area contributed by atoms with Crippen LogP contribution in [0.2, 0.25) is 0 Å². The molecule has 0 spiro atoms. The van der Waals surface area contributed by atoms with Crippen LogP contribution in [-0.2, 0) is 4.79 Å². The van der Waals surface area contributed by atoms with Gasteiger partial charge in [0.25, 0.3) is 5.91 Å². The number of benzene rings is 2. The second-order valence-electron chi connectivity index (χ2n) is 5.86. The summed E-state index contributed by atoms with van der Waals surface area (Å²) < 4.78 is 1.97. The van der Waals surface area contributed by atoms with E-state index in [-0.39, 0.29) is 17.6 Å². The summed E-state index contributed by atoms with van der Waals surface area (Å²) in [4.78, 5) is 28.4. The predicted octanol–water partition coefficient (Wildman–Crippen LogP) is 3.27. The third-order valence-corrected chi connectivity index (χ3v) is 4.92. The number of thioether (sulfide) groups is 1. The molecule has 2 N–H and O–H groups in total. The number of carbonyl (C=O) groups excluding carboxylic acids is 2. The first-order chi connectivity index (χ1) is 13.1. The molecule has 3 rings (SSSR count). The van der Waals surface area contributed by atoms with Gasteiger partial charge in [0.1, 0.15) is 0 Å². The number of hydrogen-bond donors (Lipinski definition) is 2.